The van der Waals surface area contributed by atoms with Crippen LogP contribution in [0.4, 0.5) is 0 Å². The summed E-state index contributed by atoms with van der Waals surface area (Å²) in [4.78, 5) is 0. The Bertz CT molecular complexity index is 716. The van der Waals surface area contributed by atoms with Gasteiger partial charge in [-0.3, -0.25) is 0 Å². The Hall–Kier alpha value is -2.48. The van der Waals surface area contributed by atoms with Crippen LogP contribution in [0.5, 0.6) is 0 Å². The topological polar surface area (TPSA) is 24.1 Å². The fourth-order valence-corrected chi connectivity index (χ4v) is 2.66. The summed E-state index contributed by atoms with van der Waals surface area (Å²) >= 11 is 0. The molecule has 0 unspecified atom stereocenters. The molecule has 2 rings (SSSR count). The normalized spacial score (nSPS) is 9.86. The first kappa shape index (κ1) is 23.6. The zero-order valence-electron chi connectivity index (χ0n) is 18.3. The Kier molecular flexibility index (Phi) is 11.5. The Labute approximate surface area is 172 Å². The van der Waals surface area contributed by atoms with E-state index in [-0.39, 0.29) is 0 Å². The number of hydrogen-bond acceptors (Lipinski definition) is 2. The first-order valence-corrected chi connectivity index (χ1v) is 10.3. The van der Waals surface area contributed by atoms with Crippen molar-refractivity contribution < 1.29 is 0 Å². The van der Waals surface area contributed by atoms with Gasteiger partial charge in [-0.25, -0.2) is 0 Å². The predicted octanol–water partition coefficient (Wildman–Crippen LogP) is 6.24. The Morgan fingerprint density at radius 3 is 1.89 bits per heavy atom. The number of allylic oxidation sites excluding steroid dienone is 2. The van der Waals surface area contributed by atoms with Gasteiger partial charge in [0.05, 0.1) is 0 Å². The monoisotopic (exact) mass is 378 g/mol. The van der Waals surface area contributed by atoms with E-state index in [9.17, 15) is 0 Å². The molecule has 2 aromatic rings. The largest absolute Gasteiger partial charge is 0.389 e. The van der Waals surface area contributed by atoms with Crippen molar-refractivity contribution >= 4 is 0 Å². The summed E-state index contributed by atoms with van der Waals surface area (Å²) in [6, 6.07) is 16.9. The number of benzene rings is 2. The number of rotatable bonds is 10. The van der Waals surface area contributed by atoms with E-state index < -0.39 is 0 Å². The molecule has 2 N–H and O–H groups in total. The van der Waals surface area contributed by atoms with Crippen molar-refractivity contribution in [1.82, 2.24) is 10.6 Å². The molecular formula is C26H38N2. The van der Waals surface area contributed by atoms with Crippen molar-refractivity contribution in [1.29, 1.82) is 0 Å². The maximum absolute atomic E-state index is 4.09. The van der Waals surface area contributed by atoms with Crippen molar-refractivity contribution in [3.05, 3.63) is 95.3 Å². The molecule has 0 aliphatic rings. The van der Waals surface area contributed by atoms with E-state index in [0.717, 1.165) is 50.2 Å². The van der Waals surface area contributed by atoms with Gasteiger partial charge < -0.3 is 10.6 Å². The van der Waals surface area contributed by atoms with Crippen molar-refractivity contribution in [3.8, 4) is 0 Å². The molecule has 0 saturated heterocycles. The van der Waals surface area contributed by atoms with Gasteiger partial charge in [0.25, 0.3) is 0 Å². The molecule has 2 heteroatoms. The Morgan fingerprint density at radius 1 is 0.786 bits per heavy atom. The molecule has 0 amide bonds. The Morgan fingerprint density at radius 2 is 1.39 bits per heavy atom. The van der Waals surface area contributed by atoms with Crippen LogP contribution in [0.1, 0.15) is 48.4 Å². The second kappa shape index (κ2) is 13.7. The van der Waals surface area contributed by atoms with E-state index in [0.29, 0.717) is 0 Å². The summed E-state index contributed by atoms with van der Waals surface area (Å²) in [5.41, 5.74) is 7.63. The first-order chi connectivity index (χ1) is 13.4. The molecule has 0 aliphatic heterocycles. The van der Waals surface area contributed by atoms with Gasteiger partial charge >= 0.3 is 0 Å². The standard InChI is InChI=1S/C19H30N2.C7H8/c1-6-12-20-17(4)8-9-18(5)21-13-11-19-10-7-15(2)16(3)14-19;1-7-5-3-2-4-6-7/h7,10,14,20-21H,4-6,8-9,11-13H2,1-3H3;2-6H,1H3. The molecule has 0 atom stereocenters. The number of nitrogens with one attached hydrogen (secondary N) is 2. The molecule has 2 nitrogen and oxygen atoms in total. The molecule has 0 aliphatic carbocycles. The van der Waals surface area contributed by atoms with Gasteiger partial charge in [-0.15, -0.1) is 0 Å². The minimum atomic E-state index is 0.941. The highest BCUT2D eigenvalue weighted by atomic mass is 14.9. The maximum atomic E-state index is 4.09. The van der Waals surface area contributed by atoms with Crippen LogP contribution in [0.15, 0.2) is 73.1 Å². The lowest BCUT2D eigenvalue weighted by Crippen LogP contribution is -2.18. The van der Waals surface area contributed by atoms with Crippen LogP contribution in [0.25, 0.3) is 0 Å². The average molecular weight is 379 g/mol. The lowest BCUT2D eigenvalue weighted by atomic mass is 10.0. The van der Waals surface area contributed by atoms with Crippen molar-refractivity contribution in [2.24, 2.45) is 0 Å². The van der Waals surface area contributed by atoms with Crippen LogP contribution < -0.4 is 10.6 Å². The van der Waals surface area contributed by atoms with E-state index >= 15 is 0 Å². The van der Waals surface area contributed by atoms with Crippen LogP contribution >= 0.6 is 0 Å². The molecule has 0 aromatic heterocycles. The van der Waals surface area contributed by atoms with Crippen molar-refractivity contribution in [3.63, 3.8) is 0 Å². The van der Waals surface area contributed by atoms with Crippen molar-refractivity contribution in [2.45, 2.75) is 53.4 Å². The number of hydrogen-bond donors (Lipinski definition) is 2. The van der Waals surface area contributed by atoms with E-state index in [1.807, 2.05) is 18.2 Å². The van der Waals surface area contributed by atoms with Crippen LogP contribution in [0, 0.1) is 20.8 Å². The summed E-state index contributed by atoms with van der Waals surface area (Å²) in [5, 5.41) is 6.73. The van der Waals surface area contributed by atoms with E-state index in [4.69, 9.17) is 0 Å². The quantitative estimate of drug-likeness (QED) is 0.511. The molecular weight excluding hydrogens is 340 g/mol. The summed E-state index contributed by atoms with van der Waals surface area (Å²) in [6.45, 7) is 18.6. The van der Waals surface area contributed by atoms with Gasteiger partial charge in [0.2, 0.25) is 0 Å². The molecule has 0 radical (unpaired) electrons. The van der Waals surface area contributed by atoms with Gasteiger partial charge in [-0.1, -0.05) is 74.2 Å². The van der Waals surface area contributed by atoms with Crippen molar-refractivity contribution in [2.75, 3.05) is 13.1 Å². The SMILES string of the molecule is C=C(CCC(=C)NCCc1ccc(C)c(C)c1)NCCC.Cc1ccccc1. The average Bonchev–Trinajstić information content (AvgIpc) is 2.68. The summed E-state index contributed by atoms with van der Waals surface area (Å²) in [6.07, 6.45) is 4.07. The molecule has 0 heterocycles. The first-order valence-electron chi connectivity index (χ1n) is 10.3. The third kappa shape index (κ3) is 10.6. The van der Waals surface area contributed by atoms with Gasteiger partial charge in [-0.2, -0.15) is 0 Å². The van der Waals surface area contributed by atoms with Crippen LogP contribution in [0.2, 0.25) is 0 Å². The third-order valence-corrected chi connectivity index (χ3v) is 4.65. The predicted molar refractivity (Wildman–Crippen MR) is 125 cm³/mol. The third-order valence-electron chi connectivity index (χ3n) is 4.65. The van der Waals surface area contributed by atoms with E-state index in [2.05, 4.69) is 81.8 Å². The molecule has 28 heavy (non-hydrogen) atoms. The number of aryl methyl sites for hydroxylation is 3. The van der Waals surface area contributed by atoms with Crippen LogP contribution in [-0.2, 0) is 6.42 Å². The van der Waals surface area contributed by atoms with Gasteiger partial charge in [0.15, 0.2) is 0 Å². The van der Waals surface area contributed by atoms with Gasteiger partial charge in [-0.05, 0) is 63.1 Å². The van der Waals surface area contributed by atoms with Crippen LogP contribution in [0.3, 0.4) is 0 Å². The lowest BCUT2D eigenvalue weighted by Gasteiger charge is -2.12. The molecule has 152 valence electrons. The highest BCUT2D eigenvalue weighted by molar-refractivity contribution is 5.30. The van der Waals surface area contributed by atoms with E-state index in [1.165, 1.54) is 22.3 Å². The molecule has 0 spiro atoms. The van der Waals surface area contributed by atoms with Gasteiger partial charge in [0.1, 0.15) is 0 Å². The highest BCUT2D eigenvalue weighted by Gasteiger charge is 1.99. The van der Waals surface area contributed by atoms with Crippen LogP contribution in [-0.4, -0.2) is 13.1 Å². The minimum absolute atomic E-state index is 0.941. The molecule has 0 saturated carbocycles. The zero-order valence-corrected chi connectivity index (χ0v) is 18.3. The summed E-state index contributed by atoms with van der Waals surface area (Å²) in [5.74, 6) is 0. The second-order valence-corrected chi connectivity index (χ2v) is 7.38. The van der Waals surface area contributed by atoms with Gasteiger partial charge in [0, 0.05) is 24.5 Å². The minimum Gasteiger partial charge on any atom is -0.389 e. The molecule has 0 fully saturated rings. The van der Waals surface area contributed by atoms with E-state index in [1.54, 1.807) is 0 Å². The summed E-state index contributed by atoms with van der Waals surface area (Å²) in [7, 11) is 0. The zero-order chi connectivity index (χ0) is 20.8. The summed E-state index contributed by atoms with van der Waals surface area (Å²) < 4.78 is 0. The Balaban J connectivity index is 0.000000467. The smallest absolute Gasteiger partial charge is 0.0184 e. The second-order valence-electron chi connectivity index (χ2n) is 7.38. The maximum Gasteiger partial charge on any atom is 0.0184 e. The molecule has 0 bridgehead atoms. The lowest BCUT2D eigenvalue weighted by molar-refractivity contribution is 0.692. The molecule has 2 aromatic carbocycles. The fourth-order valence-electron chi connectivity index (χ4n) is 2.66. The highest BCUT2D eigenvalue weighted by Crippen LogP contribution is 2.10. The fraction of sp³-hybridized carbons (Fsp3) is 0.385.